The maximum absolute atomic E-state index is 14.0. The van der Waals surface area contributed by atoms with E-state index in [9.17, 15) is 9.18 Å². The first-order valence-corrected chi connectivity index (χ1v) is 9.69. The lowest BCUT2D eigenvalue weighted by Gasteiger charge is -2.33. The summed E-state index contributed by atoms with van der Waals surface area (Å²) >= 11 is 0. The standard InChI is InChI=1S/C21H21FN6O/c1-24-21(29)15-10-14-17(27-8-2-3-13(23)11-27)6-7-25-19(14)28-18-9-12(22)4-5-16(18)26-20(15)28/h4-7,9-10,13H,2-3,8,11,23H2,1H3,(H,24,29)/t13-/m1/s1. The van der Waals surface area contributed by atoms with Crippen LogP contribution in [0.3, 0.4) is 0 Å². The predicted octanol–water partition coefficient (Wildman–Crippen LogP) is 2.46. The van der Waals surface area contributed by atoms with Gasteiger partial charge >= 0.3 is 0 Å². The molecule has 8 heteroatoms. The number of amides is 1. The van der Waals surface area contributed by atoms with Crippen LogP contribution in [0.5, 0.6) is 0 Å². The number of nitrogens with two attached hydrogens (primary N) is 1. The number of rotatable bonds is 2. The minimum absolute atomic E-state index is 0.109. The van der Waals surface area contributed by atoms with Gasteiger partial charge in [-0.3, -0.25) is 9.20 Å². The Hall–Kier alpha value is -3.26. The second kappa shape index (κ2) is 6.66. The van der Waals surface area contributed by atoms with Crippen LogP contribution >= 0.6 is 0 Å². The largest absolute Gasteiger partial charge is 0.369 e. The molecule has 1 aliphatic rings. The van der Waals surface area contributed by atoms with Crippen LogP contribution in [-0.2, 0) is 0 Å². The van der Waals surface area contributed by atoms with Gasteiger partial charge in [0.05, 0.1) is 16.6 Å². The number of hydrogen-bond acceptors (Lipinski definition) is 5. The zero-order chi connectivity index (χ0) is 20.1. The van der Waals surface area contributed by atoms with Gasteiger partial charge in [-0.15, -0.1) is 0 Å². The molecule has 1 atom stereocenters. The van der Waals surface area contributed by atoms with Crippen LogP contribution in [0.25, 0.3) is 27.7 Å². The number of carbonyl (C=O) groups is 1. The zero-order valence-corrected chi connectivity index (χ0v) is 16.0. The normalized spacial score (nSPS) is 17.3. The number of piperidine rings is 1. The van der Waals surface area contributed by atoms with Crippen LogP contribution in [0.15, 0.2) is 36.5 Å². The molecular formula is C21H21FN6O. The summed E-state index contributed by atoms with van der Waals surface area (Å²) in [5.41, 5.74) is 9.86. The molecule has 4 aromatic rings. The SMILES string of the molecule is CNC(=O)c1cc2c(N3CCC[C@@H](N)C3)ccnc2n2c1nc1ccc(F)cc12. The Morgan fingerprint density at radius 1 is 1.28 bits per heavy atom. The molecule has 0 unspecified atom stereocenters. The Kier molecular flexibility index (Phi) is 4.09. The van der Waals surface area contributed by atoms with Crippen molar-refractivity contribution in [3.05, 3.63) is 47.9 Å². The number of anilines is 1. The molecule has 3 aromatic heterocycles. The third kappa shape index (κ3) is 2.79. The van der Waals surface area contributed by atoms with Crippen molar-refractivity contribution in [1.29, 1.82) is 0 Å². The molecule has 148 valence electrons. The third-order valence-electron chi connectivity index (χ3n) is 5.57. The number of halogens is 1. The summed E-state index contributed by atoms with van der Waals surface area (Å²) in [7, 11) is 1.58. The Bertz CT molecular complexity index is 1270. The molecule has 0 spiro atoms. The van der Waals surface area contributed by atoms with Gasteiger partial charge in [-0.1, -0.05) is 0 Å². The van der Waals surface area contributed by atoms with Gasteiger partial charge in [0.25, 0.3) is 5.91 Å². The quantitative estimate of drug-likeness (QED) is 0.547. The van der Waals surface area contributed by atoms with Crippen LogP contribution in [0.2, 0.25) is 0 Å². The molecule has 7 nitrogen and oxygen atoms in total. The summed E-state index contributed by atoms with van der Waals surface area (Å²) in [4.78, 5) is 24.1. The topological polar surface area (TPSA) is 88.5 Å². The molecule has 4 heterocycles. The average Bonchev–Trinajstić information content (AvgIpc) is 3.11. The highest BCUT2D eigenvalue weighted by molar-refractivity contribution is 6.07. The summed E-state index contributed by atoms with van der Waals surface area (Å²) in [5, 5.41) is 3.50. The van der Waals surface area contributed by atoms with E-state index in [0.717, 1.165) is 37.0 Å². The molecule has 0 radical (unpaired) electrons. The molecule has 1 saturated heterocycles. The molecule has 5 rings (SSSR count). The van der Waals surface area contributed by atoms with Crippen LogP contribution < -0.4 is 16.0 Å². The zero-order valence-electron chi connectivity index (χ0n) is 16.0. The van der Waals surface area contributed by atoms with Gasteiger partial charge in [0.1, 0.15) is 11.5 Å². The van der Waals surface area contributed by atoms with E-state index >= 15 is 0 Å². The summed E-state index contributed by atoms with van der Waals surface area (Å²) in [6.45, 7) is 1.63. The molecule has 29 heavy (non-hydrogen) atoms. The van der Waals surface area contributed by atoms with Crippen molar-refractivity contribution in [2.24, 2.45) is 5.73 Å². The fourth-order valence-corrected chi connectivity index (χ4v) is 4.23. The molecule has 1 fully saturated rings. The lowest BCUT2D eigenvalue weighted by molar-refractivity contribution is 0.0964. The summed E-state index contributed by atoms with van der Waals surface area (Å²) in [5.74, 6) is -0.617. The van der Waals surface area contributed by atoms with Crippen molar-refractivity contribution in [2.75, 3.05) is 25.0 Å². The first kappa shape index (κ1) is 17.8. The Balaban J connectivity index is 1.89. The van der Waals surface area contributed by atoms with Crippen molar-refractivity contribution < 1.29 is 9.18 Å². The van der Waals surface area contributed by atoms with E-state index in [1.165, 1.54) is 12.1 Å². The fourth-order valence-electron chi connectivity index (χ4n) is 4.23. The van der Waals surface area contributed by atoms with E-state index in [1.807, 2.05) is 12.1 Å². The number of hydrogen-bond donors (Lipinski definition) is 2. The first-order chi connectivity index (χ1) is 14.1. The first-order valence-electron chi connectivity index (χ1n) is 9.69. The number of pyridine rings is 2. The molecule has 1 amide bonds. The number of fused-ring (bicyclic) bond motifs is 5. The lowest BCUT2D eigenvalue weighted by atomic mass is 10.0. The van der Waals surface area contributed by atoms with E-state index in [1.54, 1.807) is 23.7 Å². The predicted molar refractivity (Wildman–Crippen MR) is 111 cm³/mol. The summed E-state index contributed by atoms with van der Waals surface area (Å²) in [6, 6.07) is 8.29. The monoisotopic (exact) mass is 392 g/mol. The van der Waals surface area contributed by atoms with Crippen LogP contribution in [0.4, 0.5) is 10.1 Å². The van der Waals surface area contributed by atoms with Gasteiger partial charge in [-0.25, -0.2) is 14.4 Å². The van der Waals surface area contributed by atoms with Crippen molar-refractivity contribution in [2.45, 2.75) is 18.9 Å². The van der Waals surface area contributed by atoms with Crippen molar-refractivity contribution in [3.8, 4) is 0 Å². The van der Waals surface area contributed by atoms with Gasteiger partial charge in [0.15, 0.2) is 5.65 Å². The Morgan fingerprint density at radius 3 is 2.93 bits per heavy atom. The van der Waals surface area contributed by atoms with Crippen molar-refractivity contribution in [3.63, 3.8) is 0 Å². The lowest BCUT2D eigenvalue weighted by Crippen LogP contribution is -2.42. The Morgan fingerprint density at radius 2 is 2.14 bits per heavy atom. The van der Waals surface area contributed by atoms with E-state index in [4.69, 9.17) is 5.73 Å². The minimum Gasteiger partial charge on any atom is -0.369 e. The molecule has 0 saturated carbocycles. The van der Waals surface area contributed by atoms with Crippen LogP contribution in [0.1, 0.15) is 23.2 Å². The summed E-state index contributed by atoms with van der Waals surface area (Å²) < 4.78 is 15.8. The Labute approximate surface area is 166 Å². The molecule has 1 aliphatic heterocycles. The van der Waals surface area contributed by atoms with Crippen molar-refractivity contribution >= 4 is 39.3 Å². The second-order valence-corrected chi connectivity index (χ2v) is 7.46. The maximum atomic E-state index is 14.0. The molecule has 0 bridgehead atoms. The minimum atomic E-state index is -0.365. The fraction of sp³-hybridized carbons (Fsp3) is 0.286. The van der Waals surface area contributed by atoms with Crippen LogP contribution in [0, 0.1) is 5.82 Å². The number of nitrogens with zero attached hydrogens (tertiary/aromatic N) is 4. The number of benzene rings is 1. The van der Waals surface area contributed by atoms with E-state index in [0.29, 0.717) is 27.9 Å². The number of nitrogens with one attached hydrogen (secondary N) is 1. The van der Waals surface area contributed by atoms with Gasteiger partial charge < -0.3 is 16.0 Å². The average molecular weight is 392 g/mol. The molecule has 3 N–H and O–H groups in total. The highest BCUT2D eigenvalue weighted by atomic mass is 19.1. The van der Waals surface area contributed by atoms with Crippen LogP contribution in [-0.4, -0.2) is 46.5 Å². The molecule has 0 aliphatic carbocycles. The van der Waals surface area contributed by atoms with Crippen molar-refractivity contribution in [1.82, 2.24) is 19.7 Å². The second-order valence-electron chi connectivity index (χ2n) is 7.46. The third-order valence-corrected chi connectivity index (χ3v) is 5.57. The van der Waals surface area contributed by atoms with E-state index in [-0.39, 0.29) is 17.8 Å². The van der Waals surface area contributed by atoms with E-state index < -0.39 is 0 Å². The number of imidazole rings is 1. The van der Waals surface area contributed by atoms with Gasteiger partial charge in [0, 0.05) is 49.5 Å². The number of aromatic nitrogens is 3. The number of carbonyl (C=O) groups excluding carboxylic acids is 1. The van der Waals surface area contributed by atoms with Gasteiger partial charge in [-0.05, 0) is 37.1 Å². The molecular weight excluding hydrogens is 371 g/mol. The smallest absolute Gasteiger partial charge is 0.254 e. The van der Waals surface area contributed by atoms with E-state index in [2.05, 4.69) is 20.2 Å². The van der Waals surface area contributed by atoms with Gasteiger partial charge in [0.2, 0.25) is 0 Å². The highest BCUT2D eigenvalue weighted by Crippen LogP contribution is 2.32. The maximum Gasteiger partial charge on any atom is 0.254 e. The highest BCUT2D eigenvalue weighted by Gasteiger charge is 2.23. The summed E-state index contributed by atoms with van der Waals surface area (Å²) in [6.07, 6.45) is 3.75. The van der Waals surface area contributed by atoms with Gasteiger partial charge in [-0.2, -0.15) is 0 Å². The molecule has 1 aromatic carbocycles.